The molecule has 1 spiro atoms. The van der Waals surface area contributed by atoms with Crippen molar-refractivity contribution in [3.05, 3.63) is 0 Å². The molecule has 11 heavy (non-hydrogen) atoms. The van der Waals surface area contributed by atoms with Gasteiger partial charge in [0.25, 0.3) is 0 Å². The maximum absolute atomic E-state index is 8.87. The molecule has 2 nitrogen and oxygen atoms in total. The molecule has 2 fully saturated rings. The fraction of sp³-hybridized carbons (Fsp3) is 1.00. The van der Waals surface area contributed by atoms with Gasteiger partial charge in [-0.25, -0.2) is 0 Å². The Morgan fingerprint density at radius 2 is 2.18 bits per heavy atom. The van der Waals surface area contributed by atoms with E-state index in [0.717, 1.165) is 13.0 Å². The van der Waals surface area contributed by atoms with Gasteiger partial charge in [0.15, 0.2) is 0 Å². The molecule has 2 aliphatic rings. The van der Waals surface area contributed by atoms with Crippen molar-refractivity contribution in [1.29, 1.82) is 0 Å². The first-order valence-corrected chi connectivity index (χ1v) is 4.32. The third kappa shape index (κ3) is 0.926. The summed E-state index contributed by atoms with van der Waals surface area (Å²) in [5.41, 5.74) is 0.900. The van der Waals surface area contributed by atoms with Crippen LogP contribution in [-0.2, 0) is 4.74 Å². The number of ether oxygens (including phenoxy) is 1. The minimum atomic E-state index is 0.122. The van der Waals surface area contributed by atoms with E-state index in [0.29, 0.717) is 10.8 Å². The van der Waals surface area contributed by atoms with E-state index in [1.165, 1.54) is 6.42 Å². The molecular formula is C9H16O2. The summed E-state index contributed by atoms with van der Waals surface area (Å²) in [7, 11) is 0. The monoisotopic (exact) mass is 156 g/mol. The van der Waals surface area contributed by atoms with Crippen LogP contribution in [0.2, 0.25) is 0 Å². The topological polar surface area (TPSA) is 29.5 Å². The number of aliphatic hydroxyl groups excluding tert-OH is 1. The van der Waals surface area contributed by atoms with Gasteiger partial charge in [-0.05, 0) is 18.3 Å². The molecule has 1 aliphatic heterocycles. The first-order valence-electron chi connectivity index (χ1n) is 4.32. The molecule has 0 radical (unpaired) electrons. The van der Waals surface area contributed by atoms with E-state index in [9.17, 15) is 0 Å². The van der Waals surface area contributed by atoms with Crippen LogP contribution in [0.15, 0.2) is 0 Å². The van der Waals surface area contributed by atoms with Gasteiger partial charge in [-0.3, -0.25) is 0 Å². The molecule has 1 saturated carbocycles. The number of rotatable bonds is 1. The third-order valence-corrected chi connectivity index (χ3v) is 3.51. The fourth-order valence-corrected chi connectivity index (χ4v) is 2.34. The van der Waals surface area contributed by atoms with E-state index in [4.69, 9.17) is 9.84 Å². The molecule has 2 heteroatoms. The smallest absolute Gasteiger partial charge is 0.0812 e. The van der Waals surface area contributed by atoms with E-state index >= 15 is 0 Å². The Kier molecular flexibility index (Phi) is 1.37. The lowest BCUT2D eigenvalue weighted by Gasteiger charge is -2.09. The second-order valence-corrected chi connectivity index (χ2v) is 4.66. The van der Waals surface area contributed by atoms with E-state index < -0.39 is 0 Å². The van der Waals surface area contributed by atoms with Gasteiger partial charge in [-0.1, -0.05) is 13.8 Å². The minimum absolute atomic E-state index is 0.122. The van der Waals surface area contributed by atoms with Gasteiger partial charge >= 0.3 is 0 Å². The third-order valence-electron chi connectivity index (χ3n) is 3.51. The van der Waals surface area contributed by atoms with Crippen LogP contribution in [0.5, 0.6) is 0 Å². The Hall–Kier alpha value is -0.0800. The van der Waals surface area contributed by atoms with E-state index in [-0.39, 0.29) is 12.7 Å². The zero-order valence-electron chi connectivity index (χ0n) is 7.26. The van der Waals surface area contributed by atoms with Gasteiger partial charge in [0.1, 0.15) is 0 Å². The van der Waals surface area contributed by atoms with Crippen molar-refractivity contribution in [3.8, 4) is 0 Å². The molecular weight excluding hydrogens is 140 g/mol. The Bertz CT molecular complexity index is 176. The molecule has 0 amide bonds. The summed E-state index contributed by atoms with van der Waals surface area (Å²) in [4.78, 5) is 0. The van der Waals surface area contributed by atoms with Gasteiger partial charge in [0.05, 0.1) is 19.3 Å². The Morgan fingerprint density at radius 1 is 1.55 bits per heavy atom. The number of hydrogen-bond donors (Lipinski definition) is 1. The summed E-state index contributed by atoms with van der Waals surface area (Å²) >= 11 is 0. The molecule has 1 heterocycles. The summed E-state index contributed by atoms with van der Waals surface area (Å²) in [5.74, 6) is 0. The predicted octanol–water partition coefficient (Wildman–Crippen LogP) is 1.18. The van der Waals surface area contributed by atoms with E-state index in [1.54, 1.807) is 0 Å². The van der Waals surface area contributed by atoms with Gasteiger partial charge in [0.2, 0.25) is 0 Å². The lowest BCUT2D eigenvalue weighted by molar-refractivity contribution is 0.0557. The summed E-state index contributed by atoms with van der Waals surface area (Å²) < 4.78 is 5.47. The molecule has 0 bridgehead atoms. The largest absolute Gasteiger partial charge is 0.394 e. The average Bonchev–Trinajstić information content (AvgIpc) is 2.35. The van der Waals surface area contributed by atoms with Crippen LogP contribution in [-0.4, -0.2) is 24.4 Å². The minimum Gasteiger partial charge on any atom is -0.394 e. The van der Waals surface area contributed by atoms with Crippen LogP contribution in [0, 0.1) is 10.8 Å². The van der Waals surface area contributed by atoms with Crippen LogP contribution < -0.4 is 0 Å². The molecule has 0 unspecified atom stereocenters. The summed E-state index contributed by atoms with van der Waals surface area (Å²) in [5, 5.41) is 8.87. The van der Waals surface area contributed by atoms with Crippen LogP contribution in [0.25, 0.3) is 0 Å². The molecule has 0 aromatic rings. The van der Waals surface area contributed by atoms with Crippen molar-refractivity contribution in [1.82, 2.24) is 0 Å². The van der Waals surface area contributed by atoms with Gasteiger partial charge in [-0.15, -0.1) is 0 Å². The van der Waals surface area contributed by atoms with E-state index in [2.05, 4.69) is 13.8 Å². The summed E-state index contributed by atoms with van der Waals surface area (Å²) in [6.07, 6.45) is 2.46. The van der Waals surface area contributed by atoms with Crippen molar-refractivity contribution < 1.29 is 9.84 Å². The molecule has 1 saturated heterocycles. The standard InChI is InChI=1S/C9H16O2/c1-8(2)5-9(8)3-7(4-10)11-6-9/h7,10H,3-6H2,1-2H3/t7-,9+/m1/s1. The van der Waals surface area contributed by atoms with Crippen LogP contribution in [0.1, 0.15) is 26.7 Å². The predicted molar refractivity (Wildman–Crippen MR) is 42.3 cm³/mol. The van der Waals surface area contributed by atoms with Gasteiger partial charge in [-0.2, -0.15) is 0 Å². The molecule has 1 aliphatic carbocycles. The maximum atomic E-state index is 8.87. The lowest BCUT2D eigenvalue weighted by atomic mass is 9.93. The highest BCUT2D eigenvalue weighted by molar-refractivity contribution is 5.12. The highest BCUT2D eigenvalue weighted by Gasteiger charge is 2.64. The normalized spacial score (nSPS) is 46.6. The lowest BCUT2D eigenvalue weighted by Crippen LogP contribution is -2.11. The first-order chi connectivity index (χ1) is 5.10. The number of aliphatic hydroxyl groups is 1. The second kappa shape index (κ2) is 1.99. The molecule has 0 aromatic carbocycles. The maximum Gasteiger partial charge on any atom is 0.0812 e. The zero-order chi connectivity index (χ0) is 8.11. The Balaban J connectivity index is 2.01. The molecule has 2 atom stereocenters. The van der Waals surface area contributed by atoms with Gasteiger partial charge in [0, 0.05) is 5.41 Å². The molecule has 0 aromatic heterocycles. The quantitative estimate of drug-likeness (QED) is 0.618. The fourth-order valence-electron chi connectivity index (χ4n) is 2.34. The molecule has 2 rings (SSSR count). The van der Waals surface area contributed by atoms with E-state index in [1.807, 2.05) is 0 Å². The SMILES string of the molecule is CC1(C)C[C@@]12CO[C@@H](CO)C2. The van der Waals surface area contributed by atoms with Crippen molar-refractivity contribution in [2.45, 2.75) is 32.8 Å². The van der Waals surface area contributed by atoms with Crippen molar-refractivity contribution in [3.63, 3.8) is 0 Å². The highest BCUT2D eigenvalue weighted by atomic mass is 16.5. The Morgan fingerprint density at radius 3 is 2.45 bits per heavy atom. The van der Waals surface area contributed by atoms with Crippen molar-refractivity contribution in [2.24, 2.45) is 10.8 Å². The van der Waals surface area contributed by atoms with Crippen LogP contribution >= 0.6 is 0 Å². The summed E-state index contributed by atoms with van der Waals surface area (Å²) in [6, 6.07) is 0. The number of hydrogen-bond acceptors (Lipinski definition) is 2. The van der Waals surface area contributed by atoms with Gasteiger partial charge < -0.3 is 9.84 Å². The summed E-state index contributed by atoms with van der Waals surface area (Å²) in [6.45, 7) is 5.63. The van der Waals surface area contributed by atoms with Crippen molar-refractivity contribution >= 4 is 0 Å². The zero-order valence-corrected chi connectivity index (χ0v) is 7.26. The van der Waals surface area contributed by atoms with Crippen molar-refractivity contribution in [2.75, 3.05) is 13.2 Å². The first kappa shape index (κ1) is 7.56. The average molecular weight is 156 g/mol. The highest BCUT2D eigenvalue weighted by Crippen LogP contribution is 2.68. The Labute approximate surface area is 67.6 Å². The van der Waals surface area contributed by atoms with Crippen LogP contribution in [0.4, 0.5) is 0 Å². The van der Waals surface area contributed by atoms with Crippen LogP contribution in [0.3, 0.4) is 0 Å². The molecule has 1 N–H and O–H groups in total. The molecule has 64 valence electrons. The second-order valence-electron chi connectivity index (χ2n) is 4.66.